The van der Waals surface area contributed by atoms with Crippen LogP contribution in [0.1, 0.15) is 37.9 Å². The molecule has 23 heavy (non-hydrogen) atoms. The van der Waals surface area contributed by atoms with Crippen molar-refractivity contribution in [2.24, 2.45) is 0 Å². The molecule has 0 fully saturated rings. The molecular formula is C18H23BrN2OS. The summed E-state index contributed by atoms with van der Waals surface area (Å²) in [6.45, 7) is 5.93. The van der Waals surface area contributed by atoms with Crippen molar-refractivity contribution in [2.45, 2.75) is 31.6 Å². The maximum absolute atomic E-state index is 12.9. The molecule has 2 rings (SSSR count). The average Bonchev–Trinajstić information content (AvgIpc) is 2.50. The monoisotopic (exact) mass is 394 g/mol. The molecule has 0 bridgehead atoms. The molecule has 0 aliphatic rings. The van der Waals surface area contributed by atoms with E-state index in [0.29, 0.717) is 5.69 Å². The third-order valence-electron chi connectivity index (χ3n) is 3.61. The van der Waals surface area contributed by atoms with Gasteiger partial charge < -0.3 is 5.73 Å². The predicted molar refractivity (Wildman–Crippen MR) is 102 cm³/mol. The van der Waals surface area contributed by atoms with E-state index in [1.54, 1.807) is 0 Å². The van der Waals surface area contributed by atoms with Crippen molar-refractivity contribution >= 4 is 32.6 Å². The van der Waals surface area contributed by atoms with Gasteiger partial charge in [-0.25, -0.2) is 8.51 Å². The van der Waals surface area contributed by atoms with Gasteiger partial charge in [0.15, 0.2) is 0 Å². The van der Waals surface area contributed by atoms with Crippen molar-refractivity contribution < 1.29 is 4.21 Å². The van der Waals surface area contributed by atoms with E-state index in [9.17, 15) is 4.21 Å². The van der Waals surface area contributed by atoms with Gasteiger partial charge in [0.1, 0.15) is 11.0 Å². The van der Waals surface area contributed by atoms with Crippen LogP contribution in [-0.2, 0) is 11.0 Å². The van der Waals surface area contributed by atoms with Crippen LogP contribution in [0.4, 0.5) is 5.69 Å². The summed E-state index contributed by atoms with van der Waals surface area (Å²) >= 11 is 3.51. The van der Waals surface area contributed by atoms with Crippen LogP contribution in [0.2, 0.25) is 0 Å². The van der Waals surface area contributed by atoms with Crippen LogP contribution in [0.15, 0.2) is 53.0 Å². The SMILES string of the molecule is CN([C@H](c1ccccc1)c1cc(Br)ccc1N)[S@@](=O)C(C)(C)C. The molecule has 124 valence electrons. The van der Waals surface area contributed by atoms with Crippen molar-refractivity contribution in [3.05, 3.63) is 64.1 Å². The maximum Gasteiger partial charge on any atom is 0.100 e. The molecule has 2 atom stereocenters. The van der Waals surface area contributed by atoms with E-state index in [1.807, 2.05) is 80.7 Å². The minimum atomic E-state index is -1.17. The van der Waals surface area contributed by atoms with Gasteiger partial charge in [0.05, 0.1) is 10.8 Å². The summed E-state index contributed by atoms with van der Waals surface area (Å²) in [6.07, 6.45) is 0. The van der Waals surface area contributed by atoms with Gasteiger partial charge in [-0.05, 0) is 50.1 Å². The number of nitrogens with two attached hydrogens (primary N) is 1. The number of benzene rings is 2. The Labute approximate surface area is 149 Å². The van der Waals surface area contributed by atoms with Crippen LogP contribution in [0.25, 0.3) is 0 Å². The standard InChI is InChI=1S/C18H23BrN2OS/c1-18(2,3)23(22)21(4)17(13-8-6-5-7-9-13)15-12-14(19)10-11-16(15)20/h5-12,17H,20H2,1-4H3/t17-,23+/m1/s1. The van der Waals surface area contributed by atoms with Gasteiger partial charge in [0.2, 0.25) is 0 Å². The Kier molecular flexibility index (Phi) is 5.65. The van der Waals surface area contributed by atoms with Crippen molar-refractivity contribution in [3.8, 4) is 0 Å². The van der Waals surface area contributed by atoms with Gasteiger partial charge in [-0.1, -0.05) is 46.3 Å². The quantitative estimate of drug-likeness (QED) is 0.774. The fourth-order valence-corrected chi connectivity index (χ4v) is 4.20. The highest BCUT2D eigenvalue weighted by Gasteiger charge is 2.31. The molecule has 2 N–H and O–H groups in total. The minimum Gasteiger partial charge on any atom is -0.398 e. The Balaban J connectivity index is 2.57. The van der Waals surface area contributed by atoms with Gasteiger partial charge in [0.25, 0.3) is 0 Å². The molecule has 0 radical (unpaired) electrons. The zero-order valence-corrected chi connectivity index (χ0v) is 16.3. The van der Waals surface area contributed by atoms with Crippen LogP contribution >= 0.6 is 15.9 Å². The number of halogens is 1. The molecule has 0 aromatic heterocycles. The molecule has 0 heterocycles. The molecular weight excluding hydrogens is 372 g/mol. The Bertz CT molecular complexity index is 698. The molecule has 0 saturated heterocycles. The summed E-state index contributed by atoms with van der Waals surface area (Å²) in [7, 11) is 0.723. The zero-order valence-electron chi connectivity index (χ0n) is 13.9. The summed E-state index contributed by atoms with van der Waals surface area (Å²) in [5.41, 5.74) is 8.94. The van der Waals surface area contributed by atoms with Gasteiger partial charge in [-0.3, -0.25) is 0 Å². The minimum absolute atomic E-state index is 0.172. The molecule has 5 heteroatoms. The highest BCUT2D eigenvalue weighted by molar-refractivity contribution is 9.10. The van der Waals surface area contributed by atoms with E-state index in [1.165, 1.54) is 0 Å². The number of nitrogens with zero attached hydrogens (tertiary/aromatic N) is 1. The van der Waals surface area contributed by atoms with E-state index >= 15 is 0 Å². The summed E-state index contributed by atoms with van der Waals surface area (Å²) < 4.78 is 15.4. The fourth-order valence-electron chi connectivity index (χ4n) is 2.53. The molecule has 2 aromatic rings. The summed E-state index contributed by atoms with van der Waals surface area (Å²) in [4.78, 5) is 0. The van der Waals surface area contributed by atoms with Gasteiger partial charge in [0, 0.05) is 17.2 Å². The summed E-state index contributed by atoms with van der Waals surface area (Å²) in [6, 6.07) is 15.7. The smallest absolute Gasteiger partial charge is 0.100 e. The Morgan fingerprint density at radius 1 is 1.13 bits per heavy atom. The van der Waals surface area contributed by atoms with Crippen LogP contribution in [-0.4, -0.2) is 20.3 Å². The molecule has 0 spiro atoms. The number of rotatable bonds is 4. The first-order valence-electron chi connectivity index (χ1n) is 7.46. The van der Waals surface area contributed by atoms with Crippen LogP contribution in [0.5, 0.6) is 0 Å². The third-order valence-corrected chi connectivity index (χ3v) is 5.88. The van der Waals surface area contributed by atoms with Crippen LogP contribution in [0, 0.1) is 0 Å². The van der Waals surface area contributed by atoms with Gasteiger partial charge in [-0.15, -0.1) is 0 Å². The lowest BCUT2D eigenvalue weighted by Crippen LogP contribution is -2.38. The fraction of sp³-hybridized carbons (Fsp3) is 0.333. The lowest BCUT2D eigenvalue weighted by Gasteiger charge is -2.33. The van der Waals surface area contributed by atoms with Crippen LogP contribution < -0.4 is 5.73 Å². The first-order chi connectivity index (χ1) is 10.7. The first kappa shape index (κ1) is 18.2. The molecule has 0 aliphatic heterocycles. The molecule has 0 saturated carbocycles. The van der Waals surface area contributed by atoms with E-state index < -0.39 is 11.0 Å². The maximum atomic E-state index is 12.9. The number of hydrogen-bond donors (Lipinski definition) is 1. The lowest BCUT2D eigenvalue weighted by molar-refractivity contribution is 0.440. The number of hydrogen-bond acceptors (Lipinski definition) is 2. The largest absolute Gasteiger partial charge is 0.398 e. The predicted octanol–water partition coefficient (Wildman–Crippen LogP) is 4.51. The Hall–Kier alpha value is -1.17. The normalized spacial score (nSPS) is 14.7. The topological polar surface area (TPSA) is 46.3 Å². The number of nitrogen functional groups attached to an aromatic ring is 1. The summed E-state index contributed by atoms with van der Waals surface area (Å²) in [5.74, 6) is 0. The Morgan fingerprint density at radius 3 is 2.30 bits per heavy atom. The number of anilines is 1. The molecule has 2 aromatic carbocycles. The van der Waals surface area contributed by atoms with Crippen molar-refractivity contribution in [1.29, 1.82) is 0 Å². The van der Waals surface area contributed by atoms with Crippen LogP contribution in [0.3, 0.4) is 0 Å². The zero-order chi connectivity index (χ0) is 17.2. The van der Waals surface area contributed by atoms with Crippen molar-refractivity contribution in [3.63, 3.8) is 0 Å². The van der Waals surface area contributed by atoms with E-state index in [4.69, 9.17) is 5.73 Å². The van der Waals surface area contributed by atoms with E-state index in [2.05, 4.69) is 15.9 Å². The van der Waals surface area contributed by atoms with E-state index in [0.717, 1.165) is 15.6 Å². The second-order valence-electron chi connectivity index (χ2n) is 6.49. The highest BCUT2D eigenvalue weighted by Crippen LogP contribution is 2.35. The molecule has 0 aliphatic carbocycles. The van der Waals surface area contributed by atoms with Crippen molar-refractivity contribution in [1.82, 2.24) is 4.31 Å². The molecule has 0 unspecified atom stereocenters. The summed E-state index contributed by atoms with van der Waals surface area (Å²) in [5, 5.41) is 0. The van der Waals surface area contributed by atoms with Gasteiger partial charge >= 0.3 is 0 Å². The Morgan fingerprint density at radius 2 is 1.74 bits per heavy atom. The second-order valence-corrected chi connectivity index (χ2v) is 9.71. The second kappa shape index (κ2) is 7.16. The third kappa shape index (κ3) is 4.22. The van der Waals surface area contributed by atoms with Gasteiger partial charge in [-0.2, -0.15) is 0 Å². The highest BCUT2D eigenvalue weighted by atomic mass is 79.9. The van der Waals surface area contributed by atoms with Crippen molar-refractivity contribution in [2.75, 3.05) is 12.8 Å². The average molecular weight is 395 g/mol. The first-order valence-corrected chi connectivity index (χ1v) is 9.36. The lowest BCUT2D eigenvalue weighted by atomic mass is 9.97. The molecule has 0 amide bonds. The molecule has 3 nitrogen and oxygen atoms in total. The van der Waals surface area contributed by atoms with E-state index in [-0.39, 0.29) is 10.8 Å².